The van der Waals surface area contributed by atoms with Gasteiger partial charge in [-0.3, -0.25) is 4.79 Å². The van der Waals surface area contributed by atoms with E-state index in [2.05, 4.69) is 16.0 Å². The molecule has 11 heavy (non-hydrogen) atoms. The average molecular weight is 155 g/mol. The molecule has 4 nitrogen and oxygen atoms in total. The largest absolute Gasteiger partial charge is 0.350 e. The maximum atomic E-state index is 11.3. The van der Waals surface area contributed by atoms with Crippen LogP contribution in [0.2, 0.25) is 0 Å². The zero-order valence-electron chi connectivity index (χ0n) is 6.39. The van der Waals surface area contributed by atoms with E-state index >= 15 is 0 Å². The molecule has 0 saturated carbocycles. The summed E-state index contributed by atoms with van der Waals surface area (Å²) in [4.78, 5) is 11.3. The number of hydrogen-bond donors (Lipinski definition) is 3. The molecule has 0 aromatic carbocycles. The lowest BCUT2D eigenvalue weighted by Gasteiger charge is -2.15. The van der Waals surface area contributed by atoms with E-state index < -0.39 is 0 Å². The summed E-state index contributed by atoms with van der Waals surface area (Å²) < 4.78 is 0. The number of carbonyl (C=O) groups is 1. The summed E-state index contributed by atoms with van der Waals surface area (Å²) in [6.45, 7) is 3.43. The molecule has 2 fully saturated rings. The third kappa shape index (κ3) is 1.36. The van der Waals surface area contributed by atoms with Crippen molar-refractivity contribution in [3.63, 3.8) is 0 Å². The molecule has 0 aromatic rings. The lowest BCUT2D eigenvalue weighted by molar-refractivity contribution is -0.124. The Balaban J connectivity index is 2.14. The van der Waals surface area contributed by atoms with Gasteiger partial charge >= 0.3 is 0 Å². The van der Waals surface area contributed by atoms with Gasteiger partial charge in [-0.25, -0.2) is 0 Å². The molecule has 1 amide bonds. The van der Waals surface area contributed by atoms with Crippen LogP contribution in [0, 0.1) is 5.92 Å². The summed E-state index contributed by atoms with van der Waals surface area (Å²) >= 11 is 0. The number of carbonyl (C=O) groups excluding carboxylic acids is 1. The predicted octanol–water partition coefficient (Wildman–Crippen LogP) is -1.71. The first-order valence-electron chi connectivity index (χ1n) is 4.08. The van der Waals surface area contributed by atoms with Gasteiger partial charge in [0.1, 0.15) is 0 Å². The number of hydrogen-bond acceptors (Lipinski definition) is 3. The van der Waals surface area contributed by atoms with Crippen LogP contribution in [0.4, 0.5) is 0 Å². The van der Waals surface area contributed by atoms with Gasteiger partial charge in [0.05, 0.1) is 12.0 Å². The van der Waals surface area contributed by atoms with Gasteiger partial charge in [0.15, 0.2) is 0 Å². The molecular weight excluding hydrogens is 142 g/mol. The summed E-state index contributed by atoms with van der Waals surface area (Å²) in [6, 6.07) is 0.287. The van der Waals surface area contributed by atoms with Crippen LogP contribution in [0.5, 0.6) is 0 Å². The Kier molecular flexibility index (Phi) is 1.79. The predicted molar refractivity (Wildman–Crippen MR) is 41.2 cm³/mol. The molecule has 0 aromatic heterocycles. The second kappa shape index (κ2) is 2.79. The normalized spacial score (nSPS) is 37.6. The van der Waals surface area contributed by atoms with E-state index in [-0.39, 0.29) is 17.9 Å². The fraction of sp³-hybridized carbons (Fsp3) is 0.857. The molecule has 4 heteroatoms. The molecule has 0 radical (unpaired) electrons. The third-order valence-corrected chi connectivity index (χ3v) is 2.28. The van der Waals surface area contributed by atoms with Crippen molar-refractivity contribution in [2.24, 2.45) is 5.92 Å². The van der Waals surface area contributed by atoms with Crippen LogP contribution < -0.4 is 16.0 Å². The van der Waals surface area contributed by atoms with E-state index in [9.17, 15) is 4.79 Å². The molecule has 2 bridgehead atoms. The molecule has 2 aliphatic rings. The van der Waals surface area contributed by atoms with Gasteiger partial charge < -0.3 is 16.0 Å². The van der Waals surface area contributed by atoms with E-state index in [1.54, 1.807) is 0 Å². The third-order valence-electron chi connectivity index (χ3n) is 2.28. The summed E-state index contributed by atoms with van der Waals surface area (Å²) in [7, 11) is 0. The highest BCUT2D eigenvalue weighted by Crippen LogP contribution is 2.02. The Morgan fingerprint density at radius 1 is 1.09 bits per heavy atom. The Morgan fingerprint density at radius 2 is 1.73 bits per heavy atom. The van der Waals surface area contributed by atoms with Crippen LogP contribution in [0.25, 0.3) is 0 Å². The zero-order chi connectivity index (χ0) is 7.68. The van der Waals surface area contributed by atoms with Crippen LogP contribution in [-0.2, 0) is 4.79 Å². The van der Waals surface area contributed by atoms with Gasteiger partial charge in [-0.1, -0.05) is 0 Å². The number of nitrogens with one attached hydrogen (secondary N) is 3. The second-order valence-corrected chi connectivity index (χ2v) is 3.22. The minimum atomic E-state index is 0.127. The second-order valence-electron chi connectivity index (χ2n) is 3.22. The summed E-state index contributed by atoms with van der Waals surface area (Å²) in [5.74, 6) is 0.326. The van der Waals surface area contributed by atoms with Crippen molar-refractivity contribution in [1.82, 2.24) is 16.0 Å². The molecule has 3 N–H and O–H groups in total. The quantitative estimate of drug-likeness (QED) is 0.390. The number of fused-ring (bicyclic) bond motifs is 3. The van der Waals surface area contributed by atoms with Gasteiger partial charge in [0.25, 0.3) is 0 Å². The maximum absolute atomic E-state index is 11.3. The highest BCUT2D eigenvalue weighted by atomic mass is 16.2. The molecule has 0 unspecified atom stereocenters. The Hall–Kier alpha value is -0.610. The first-order chi connectivity index (χ1) is 5.36. The average Bonchev–Trinajstić information content (AvgIpc) is 2.16. The van der Waals surface area contributed by atoms with Gasteiger partial charge in [0.2, 0.25) is 5.91 Å². The Morgan fingerprint density at radius 3 is 2.36 bits per heavy atom. The number of rotatable bonds is 0. The van der Waals surface area contributed by atoms with Crippen LogP contribution in [0.15, 0.2) is 0 Å². The van der Waals surface area contributed by atoms with Crippen molar-refractivity contribution >= 4 is 5.91 Å². The topological polar surface area (TPSA) is 53.2 Å². The van der Waals surface area contributed by atoms with Crippen LogP contribution in [0.3, 0.4) is 0 Å². The minimum Gasteiger partial charge on any atom is -0.350 e. The smallest absolute Gasteiger partial charge is 0.225 e. The van der Waals surface area contributed by atoms with Gasteiger partial charge in [-0.15, -0.1) is 0 Å². The fourth-order valence-corrected chi connectivity index (χ4v) is 1.61. The van der Waals surface area contributed by atoms with Gasteiger partial charge in [-0.05, 0) is 0 Å². The van der Waals surface area contributed by atoms with Crippen molar-refractivity contribution in [2.75, 3.05) is 26.2 Å². The summed E-state index contributed by atoms with van der Waals surface area (Å²) in [6.07, 6.45) is 0. The van der Waals surface area contributed by atoms with Crippen LogP contribution in [-0.4, -0.2) is 38.1 Å². The van der Waals surface area contributed by atoms with Crippen molar-refractivity contribution in [2.45, 2.75) is 6.04 Å². The monoisotopic (exact) mass is 155 g/mol. The van der Waals surface area contributed by atoms with E-state index in [0.717, 1.165) is 26.2 Å². The summed E-state index contributed by atoms with van der Waals surface area (Å²) in [5, 5.41) is 9.49. The standard InChI is InChI=1S/C7H13N3O/c11-7-5-1-8-3-6(10-7)4-9-2-5/h5-6,8-9H,1-4H2,(H,10,11). The van der Waals surface area contributed by atoms with Crippen molar-refractivity contribution in [3.05, 3.63) is 0 Å². The van der Waals surface area contributed by atoms with E-state index in [1.165, 1.54) is 0 Å². The summed E-state index contributed by atoms with van der Waals surface area (Å²) in [5.41, 5.74) is 0. The fourth-order valence-electron chi connectivity index (χ4n) is 1.61. The lowest BCUT2D eigenvalue weighted by Crippen LogP contribution is -2.43. The molecule has 2 saturated heterocycles. The van der Waals surface area contributed by atoms with E-state index in [0.29, 0.717) is 0 Å². The first-order valence-corrected chi connectivity index (χ1v) is 4.08. The van der Waals surface area contributed by atoms with Gasteiger partial charge in [0, 0.05) is 26.2 Å². The van der Waals surface area contributed by atoms with Crippen molar-refractivity contribution in [3.8, 4) is 0 Å². The van der Waals surface area contributed by atoms with Crippen LogP contribution in [0.1, 0.15) is 0 Å². The van der Waals surface area contributed by atoms with E-state index in [4.69, 9.17) is 0 Å². The molecule has 0 spiro atoms. The zero-order valence-corrected chi connectivity index (χ0v) is 6.39. The lowest BCUT2D eigenvalue weighted by atomic mass is 10.1. The van der Waals surface area contributed by atoms with Crippen LogP contribution >= 0.6 is 0 Å². The van der Waals surface area contributed by atoms with Crippen molar-refractivity contribution < 1.29 is 4.79 Å². The maximum Gasteiger partial charge on any atom is 0.225 e. The minimum absolute atomic E-state index is 0.127. The first kappa shape index (κ1) is 7.06. The van der Waals surface area contributed by atoms with Gasteiger partial charge in [-0.2, -0.15) is 0 Å². The molecule has 0 atom stereocenters. The Bertz CT molecular complexity index is 161. The van der Waals surface area contributed by atoms with Crippen molar-refractivity contribution in [1.29, 1.82) is 0 Å². The SMILES string of the molecule is O=C1NC2CNCC1CNC2. The molecular formula is C7H13N3O. The molecule has 0 aliphatic carbocycles. The molecule has 2 aliphatic heterocycles. The molecule has 2 rings (SSSR count). The number of amides is 1. The van der Waals surface area contributed by atoms with E-state index in [1.807, 2.05) is 0 Å². The highest BCUT2D eigenvalue weighted by molar-refractivity contribution is 5.80. The molecule has 62 valence electrons. The Labute approximate surface area is 65.7 Å². The molecule has 2 heterocycles. The highest BCUT2D eigenvalue weighted by Gasteiger charge is 2.27.